The van der Waals surface area contributed by atoms with Crippen LogP contribution in [0, 0.1) is 5.82 Å². The second-order valence-corrected chi connectivity index (χ2v) is 7.13. The Hall–Kier alpha value is -4.13. The number of imide groups is 1. The maximum absolute atomic E-state index is 13.5. The van der Waals surface area contributed by atoms with E-state index in [9.17, 15) is 14.0 Å². The van der Waals surface area contributed by atoms with E-state index in [1.54, 1.807) is 18.2 Å². The number of carbonyl (C=O) groups is 2. The molecule has 0 radical (unpaired) electrons. The molecule has 2 heterocycles. The van der Waals surface area contributed by atoms with Crippen LogP contribution in [0.1, 0.15) is 11.1 Å². The number of ether oxygens (including phenoxy) is 2. The molecular formula is C24H17FN2O4. The van der Waals surface area contributed by atoms with Gasteiger partial charge >= 0.3 is 0 Å². The molecule has 0 bridgehead atoms. The molecular weight excluding hydrogens is 399 g/mol. The fourth-order valence-electron chi connectivity index (χ4n) is 3.60. The number of rotatable bonds is 5. The van der Waals surface area contributed by atoms with E-state index in [1.165, 1.54) is 29.2 Å². The van der Waals surface area contributed by atoms with E-state index in [-0.39, 0.29) is 24.6 Å². The number of nitrogens with zero attached hydrogens (tertiary/aromatic N) is 1. The Kier molecular flexibility index (Phi) is 4.63. The van der Waals surface area contributed by atoms with E-state index in [4.69, 9.17) is 9.47 Å². The first kappa shape index (κ1) is 18.9. The van der Waals surface area contributed by atoms with E-state index < -0.39 is 17.6 Å². The highest BCUT2D eigenvalue weighted by molar-refractivity contribution is 6.36. The minimum Gasteiger partial charge on any atom is -0.454 e. The van der Waals surface area contributed by atoms with Gasteiger partial charge in [0.05, 0.1) is 12.1 Å². The highest BCUT2D eigenvalue weighted by Gasteiger charge is 2.39. The minimum atomic E-state index is -0.453. The molecule has 0 unspecified atom stereocenters. The van der Waals surface area contributed by atoms with E-state index >= 15 is 0 Å². The molecule has 0 atom stereocenters. The largest absolute Gasteiger partial charge is 0.454 e. The Morgan fingerprint density at radius 2 is 1.61 bits per heavy atom. The van der Waals surface area contributed by atoms with Gasteiger partial charge in [0, 0.05) is 11.8 Å². The first-order valence-electron chi connectivity index (χ1n) is 9.67. The summed E-state index contributed by atoms with van der Waals surface area (Å²) in [5.74, 6) is -0.160. The first-order valence-corrected chi connectivity index (χ1v) is 9.67. The van der Waals surface area contributed by atoms with Crippen molar-refractivity contribution < 1.29 is 23.5 Å². The fourth-order valence-corrected chi connectivity index (χ4v) is 3.60. The SMILES string of the molecule is O=C1C(Nc2ccc3c(c2)OCO3)=C(c2ccc(F)cc2)C(=O)N1Cc1ccccc1. The summed E-state index contributed by atoms with van der Waals surface area (Å²) in [6.07, 6.45) is 0. The van der Waals surface area contributed by atoms with Crippen LogP contribution >= 0.6 is 0 Å². The third-order valence-corrected chi connectivity index (χ3v) is 5.13. The molecule has 31 heavy (non-hydrogen) atoms. The Morgan fingerprint density at radius 3 is 2.39 bits per heavy atom. The maximum Gasteiger partial charge on any atom is 0.278 e. The van der Waals surface area contributed by atoms with Crippen LogP contribution in [0.4, 0.5) is 10.1 Å². The molecule has 0 fully saturated rings. The zero-order valence-corrected chi connectivity index (χ0v) is 16.3. The third-order valence-electron chi connectivity index (χ3n) is 5.13. The molecule has 2 aliphatic rings. The van der Waals surface area contributed by atoms with E-state index in [0.29, 0.717) is 22.7 Å². The van der Waals surface area contributed by atoms with Crippen molar-refractivity contribution in [2.45, 2.75) is 6.54 Å². The van der Waals surface area contributed by atoms with Crippen molar-refractivity contribution in [2.75, 3.05) is 12.1 Å². The van der Waals surface area contributed by atoms with Crippen molar-refractivity contribution >= 4 is 23.1 Å². The lowest BCUT2D eigenvalue weighted by Crippen LogP contribution is -2.31. The lowest BCUT2D eigenvalue weighted by molar-refractivity contribution is -0.137. The number of carbonyl (C=O) groups excluding carboxylic acids is 2. The number of anilines is 1. The zero-order chi connectivity index (χ0) is 21.4. The summed E-state index contributed by atoms with van der Waals surface area (Å²) in [4.78, 5) is 27.7. The smallest absolute Gasteiger partial charge is 0.278 e. The molecule has 0 saturated heterocycles. The van der Waals surface area contributed by atoms with Gasteiger partial charge < -0.3 is 14.8 Å². The van der Waals surface area contributed by atoms with Gasteiger partial charge in [-0.25, -0.2) is 4.39 Å². The quantitative estimate of drug-likeness (QED) is 0.638. The third kappa shape index (κ3) is 3.50. The molecule has 154 valence electrons. The van der Waals surface area contributed by atoms with Gasteiger partial charge in [-0.15, -0.1) is 0 Å². The van der Waals surface area contributed by atoms with Crippen LogP contribution in [-0.2, 0) is 16.1 Å². The van der Waals surface area contributed by atoms with Gasteiger partial charge in [-0.05, 0) is 35.4 Å². The monoisotopic (exact) mass is 416 g/mol. The molecule has 0 aliphatic carbocycles. The Labute approximate surface area is 177 Å². The normalized spacial score (nSPS) is 15.1. The summed E-state index contributed by atoms with van der Waals surface area (Å²) in [5.41, 5.74) is 2.18. The summed E-state index contributed by atoms with van der Waals surface area (Å²) in [7, 11) is 0. The van der Waals surface area contributed by atoms with Crippen LogP contribution in [0.3, 0.4) is 0 Å². The summed E-state index contributed by atoms with van der Waals surface area (Å²) in [5, 5.41) is 3.07. The van der Waals surface area contributed by atoms with Gasteiger partial charge in [0.2, 0.25) is 6.79 Å². The predicted molar refractivity (Wildman–Crippen MR) is 112 cm³/mol. The summed E-state index contributed by atoms with van der Waals surface area (Å²) in [6.45, 7) is 0.264. The number of amides is 2. The van der Waals surface area contributed by atoms with E-state index in [2.05, 4.69) is 5.32 Å². The van der Waals surface area contributed by atoms with Crippen LogP contribution in [0.2, 0.25) is 0 Å². The molecule has 0 aromatic heterocycles. The Morgan fingerprint density at radius 1 is 0.871 bits per heavy atom. The summed E-state index contributed by atoms with van der Waals surface area (Å²) < 4.78 is 24.2. The number of hydrogen-bond donors (Lipinski definition) is 1. The van der Waals surface area contributed by atoms with E-state index in [1.807, 2.05) is 30.3 Å². The molecule has 2 amide bonds. The molecule has 1 N–H and O–H groups in total. The lowest BCUT2D eigenvalue weighted by Gasteiger charge is -2.15. The van der Waals surface area contributed by atoms with Crippen molar-refractivity contribution in [3.8, 4) is 11.5 Å². The average molecular weight is 416 g/mol. The van der Waals surface area contributed by atoms with Crippen molar-refractivity contribution in [2.24, 2.45) is 0 Å². The second-order valence-electron chi connectivity index (χ2n) is 7.13. The molecule has 0 saturated carbocycles. The van der Waals surface area contributed by atoms with Gasteiger partial charge in [-0.1, -0.05) is 42.5 Å². The number of benzene rings is 3. The Balaban J connectivity index is 1.53. The molecule has 3 aromatic carbocycles. The highest BCUT2D eigenvalue weighted by atomic mass is 19.1. The van der Waals surface area contributed by atoms with Gasteiger partial charge in [0.1, 0.15) is 11.5 Å². The lowest BCUT2D eigenvalue weighted by atomic mass is 10.0. The predicted octanol–water partition coefficient (Wildman–Crippen LogP) is 3.95. The molecule has 2 aliphatic heterocycles. The molecule has 5 rings (SSSR count). The van der Waals surface area contributed by atoms with Gasteiger partial charge in [-0.2, -0.15) is 0 Å². The maximum atomic E-state index is 13.5. The van der Waals surface area contributed by atoms with Gasteiger partial charge in [0.25, 0.3) is 11.8 Å². The second kappa shape index (κ2) is 7.60. The first-order chi connectivity index (χ1) is 15.1. The standard InChI is InChI=1S/C24H17FN2O4/c25-17-8-6-16(7-9-17)21-22(26-18-10-11-19-20(12-18)31-14-30-19)24(29)27(23(21)28)13-15-4-2-1-3-5-15/h1-12,26H,13-14H2. The van der Waals surface area contributed by atoms with Gasteiger partial charge in [0.15, 0.2) is 11.5 Å². The number of fused-ring (bicyclic) bond motifs is 1. The average Bonchev–Trinajstić information content (AvgIpc) is 3.34. The van der Waals surface area contributed by atoms with E-state index in [0.717, 1.165) is 5.56 Å². The van der Waals surface area contributed by atoms with Crippen molar-refractivity contribution in [3.05, 3.63) is 95.4 Å². The molecule has 6 nitrogen and oxygen atoms in total. The Bertz CT molecular complexity index is 1210. The van der Waals surface area contributed by atoms with Crippen LogP contribution in [0.25, 0.3) is 5.57 Å². The zero-order valence-electron chi connectivity index (χ0n) is 16.3. The van der Waals surface area contributed by atoms with Crippen molar-refractivity contribution in [1.29, 1.82) is 0 Å². The number of nitrogens with one attached hydrogen (secondary N) is 1. The summed E-state index contributed by atoms with van der Waals surface area (Å²) >= 11 is 0. The van der Waals surface area contributed by atoms with Crippen molar-refractivity contribution in [1.82, 2.24) is 4.90 Å². The number of hydrogen-bond acceptors (Lipinski definition) is 5. The van der Waals surface area contributed by atoms with Crippen LogP contribution in [-0.4, -0.2) is 23.5 Å². The van der Waals surface area contributed by atoms with Crippen LogP contribution in [0.15, 0.2) is 78.5 Å². The van der Waals surface area contributed by atoms with Crippen LogP contribution in [0.5, 0.6) is 11.5 Å². The molecule has 3 aromatic rings. The van der Waals surface area contributed by atoms with Crippen molar-refractivity contribution in [3.63, 3.8) is 0 Å². The minimum absolute atomic E-state index is 0.130. The molecule has 7 heteroatoms. The highest BCUT2D eigenvalue weighted by Crippen LogP contribution is 2.36. The summed E-state index contributed by atoms with van der Waals surface area (Å²) in [6, 6.07) is 19.9. The topological polar surface area (TPSA) is 67.9 Å². The number of halogens is 1. The molecule has 0 spiro atoms. The van der Waals surface area contributed by atoms with Gasteiger partial charge in [-0.3, -0.25) is 14.5 Å². The van der Waals surface area contributed by atoms with Crippen LogP contribution < -0.4 is 14.8 Å². The fraction of sp³-hybridized carbons (Fsp3) is 0.0833.